The Balaban J connectivity index is 2.68. The molecule has 1 aromatic rings. The number of nitrogen functional groups attached to an aromatic ring is 1. The molecule has 0 fully saturated rings. The van der Waals surface area contributed by atoms with Crippen LogP contribution in [0.5, 0.6) is 0 Å². The molecule has 5 nitrogen and oxygen atoms in total. The molecular weight excluding hydrogens is 180 g/mol. The first kappa shape index (κ1) is 10.7. The monoisotopic (exact) mass is 196 g/mol. The normalized spacial score (nSPS) is 11.4. The van der Waals surface area contributed by atoms with Crippen molar-refractivity contribution in [1.29, 1.82) is 0 Å². The topological polar surface area (TPSA) is 73.1 Å². The summed E-state index contributed by atoms with van der Waals surface area (Å²) < 4.78 is 5.07. The van der Waals surface area contributed by atoms with Crippen molar-refractivity contribution >= 4 is 11.6 Å². The summed E-state index contributed by atoms with van der Waals surface area (Å²) in [6.07, 6.45) is 3.14. The van der Waals surface area contributed by atoms with Crippen molar-refractivity contribution in [2.24, 2.45) is 0 Å². The smallest absolute Gasteiger partial charge is 0.147 e. The Morgan fingerprint density at radius 2 is 2.21 bits per heavy atom. The maximum atomic E-state index is 5.51. The fraction of sp³-hybridized carbons (Fsp3) is 0.556. The summed E-state index contributed by atoms with van der Waals surface area (Å²) in [4.78, 5) is 8.03. The summed E-state index contributed by atoms with van der Waals surface area (Å²) in [6, 6.07) is 0. The molecule has 1 aromatic heterocycles. The van der Waals surface area contributed by atoms with Gasteiger partial charge in [-0.25, -0.2) is 4.98 Å². The van der Waals surface area contributed by atoms with E-state index in [4.69, 9.17) is 10.5 Å². The number of rotatable bonds is 4. The lowest BCUT2D eigenvalue weighted by Crippen LogP contribution is -2.36. The predicted octanol–water partition coefficient (Wildman–Crippen LogP) is 0.896. The number of nitrogens with one attached hydrogen (secondary N) is 1. The molecule has 0 aliphatic rings. The van der Waals surface area contributed by atoms with Crippen molar-refractivity contribution in [2.45, 2.75) is 19.4 Å². The van der Waals surface area contributed by atoms with E-state index >= 15 is 0 Å². The van der Waals surface area contributed by atoms with Crippen molar-refractivity contribution in [3.63, 3.8) is 0 Å². The van der Waals surface area contributed by atoms with E-state index in [1.54, 1.807) is 13.3 Å². The Hall–Kier alpha value is -1.36. The Labute approximate surface area is 83.7 Å². The number of nitrogens with zero attached hydrogens (tertiary/aromatic N) is 2. The average molecular weight is 196 g/mol. The minimum absolute atomic E-state index is 0.183. The molecule has 0 spiro atoms. The van der Waals surface area contributed by atoms with E-state index < -0.39 is 0 Å². The summed E-state index contributed by atoms with van der Waals surface area (Å²) in [6.45, 7) is 4.62. The van der Waals surface area contributed by atoms with Gasteiger partial charge in [0.2, 0.25) is 0 Å². The lowest BCUT2D eigenvalue weighted by atomic mass is 10.1. The van der Waals surface area contributed by atoms with Crippen molar-refractivity contribution in [2.75, 3.05) is 24.8 Å². The van der Waals surface area contributed by atoms with E-state index in [1.165, 1.54) is 6.20 Å². The number of hydrogen-bond donors (Lipinski definition) is 2. The maximum absolute atomic E-state index is 5.51. The average Bonchev–Trinajstić information content (AvgIpc) is 2.02. The molecule has 3 N–H and O–H groups in total. The number of hydrogen-bond acceptors (Lipinski definition) is 5. The molecule has 0 saturated heterocycles. The van der Waals surface area contributed by atoms with Crippen LogP contribution in [0.2, 0.25) is 0 Å². The van der Waals surface area contributed by atoms with Crippen molar-refractivity contribution in [1.82, 2.24) is 9.97 Å². The van der Waals surface area contributed by atoms with Crippen LogP contribution in [-0.2, 0) is 4.74 Å². The molecule has 0 radical (unpaired) electrons. The molecule has 5 heteroatoms. The highest BCUT2D eigenvalue weighted by atomic mass is 16.5. The largest absolute Gasteiger partial charge is 0.382 e. The van der Waals surface area contributed by atoms with Gasteiger partial charge in [0.25, 0.3) is 0 Å². The third kappa shape index (κ3) is 3.18. The van der Waals surface area contributed by atoms with E-state index in [9.17, 15) is 0 Å². The van der Waals surface area contributed by atoms with Crippen LogP contribution in [0, 0.1) is 0 Å². The number of methoxy groups -OCH3 is 1. The molecule has 0 bridgehead atoms. The first-order valence-electron chi connectivity index (χ1n) is 4.38. The first-order valence-corrected chi connectivity index (χ1v) is 4.38. The molecule has 0 aromatic carbocycles. The number of nitrogens with two attached hydrogens (primary N) is 1. The number of aromatic nitrogens is 2. The second-order valence-electron chi connectivity index (χ2n) is 3.77. The minimum Gasteiger partial charge on any atom is -0.382 e. The zero-order valence-corrected chi connectivity index (χ0v) is 8.74. The van der Waals surface area contributed by atoms with Crippen LogP contribution in [0.4, 0.5) is 11.6 Å². The fourth-order valence-electron chi connectivity index (χ4n) is 1.18. The third-order valence-corrected chi connectivity index (χ3v) is 1.62. The fourth-order valence-corrected chi connectivity index (χ4v) is 1.18. The lowest BCUT2D eigenvalue weighted by molar-refractivity contribution is 0.158. The second kappa shape index (κ2) is 4.23. The zero-order valence-electron chi connectivity index (χ0n) is 8.74. The summed E-state index contributed by atoms with van der Waals surface area (Å²) in [5.41, 5.74) is 5.32. The van der Waals surface area contributed by atoms with Crippen LogP contribution in [0.15, 0.2) is 12.4 Å². The van der Waals surface area contributed by atoms with Gasteiger partial charge in [-0.05, 0) is 13.8 Å². The van der Waals surface area contributed by atoms with Crippen LogP contribution in [0.1, 0.15) is 13.8 Å². The molecule has 0 atom stereocenters. The van der Waals surface area contributed by atoms with E-state index in [1.807, 2.05) is 13.8 Å². The van der Waals surface area contributed by atoms with E-state index in [-0.39, 0.29) is 5.54 Å². The minimum atomic E-state index is -0.183. The Bertz CT molecular complexity index is 301. The van der Waals surface area contributed by atoms with Gasteiger partial charge < -0.3 is 15.8 Å². The van der Waals surface area contributed by atoms with Crippen LogP contribution >= 0.6 is 0 Å². The van der Waals surface area contributed by atoms with Crippen molar-refractivity contribution in [3.8, 4) is 0 Å². The predicted molar refractivity (Wildman–Crippen MR) is 56.0 cm³/mol. The van der Waals surface area contributed by atoms with Crippen LogP contribution in [0.3, 0.4) is 0 Å². The number of ether oxygens (including phenoxy) is 1. The molecule has 0 unspecified atom stereocenters. The molecular formula is C9H16N4O. The van der Waals surface area contributed by atoms with Gasteiger partial charge in [0.15, 0.2) is 0 Å². The highest BCUT2D eigenvalue weighted by molar-refractivity contribution is 5.40. The first-order chi connectivity index (χ1) is 6.53. The highest BCUT2D eigenvalue weighted by Gasteiger charge is 2.17. The van der Waals surface area contributed by atoms with Crippen LogP contribution in [0.25, 0.3) is 0 Å². The van der Waals surface area contributed by atoms with Gasteiger partial charge in [-0.15, -0.1) is 0 Å². The van der Waals surface area contributed by atoms with Gasteiger partial charge in [0.05, 0.1) is 24.5 Å². The number of anilines is 2. The molecule has 0 amide bonds. The summed E-state index contributed by atoms with van der Waals surface area (Å²) in [7, 11) is 1.66. The van der Waals surface area contributed by atoms with Crippen LogP contribution < -0.4 is 11.1 Å². The summed E-state index contributed by atoms with van der Waals surface area (Å²) >= 11 is 0. The molecule has 78 valence electrons. The van der Waals surface area contributed by atoms with Gasteiger partial charge in [-0.3, -0.25) is 4.98 Å². The lowest BCUT2D eigenvalue weighted by Gasteiger charge is -2.25. The van der Waals surface area contributed by atoms with Gasteiger partial charge in [-0.2, -0.15) is 0 Å². The van der Waals surface area contributed by atoms with E-state index in [0.29, 0.717) is 18.2 Å². The summed E-state index contributed by atoms with van der Waals surface area (Å²) in [5, 5.41) is 3.18. The van der Waals surface area contributed by atoms with Crippen LogP contribution in [-0.4, -0.2) is 29.2 Å². The van der Waals surface area contributed by atoms with Gasteiger partial charge in [0.1, 0.15) is 11.6 Å². The van der Waals surface area contributed by atoms with Gasteiger partial charge in [-0.1, -0.05) is 0 Å². The Morgan fingerprint density at radius 3 is 2.79 bits per heavy atom. The summed E-state index contributed by atoms with van der Waals surface area (Å²) in [5.74, 6) is 1.07. The van der Waals surface area contributed by atoms with E-state index in [2.05, 4.69) is 15.3 Å². The molecule has 1 heterocycles. The highest BCUT2D eigenvalue weighted by Crippen LogP contribution is 2.12. The quantitative estimate of drug-likeness (QED) is 0.748. The standard InChI is InChI=1S/C9H16N4O/c1-9(2,6-14-3)13-8-5-11-4-7(10)12-8/h4-5H,6H2,1-3H3,(H3,10,12,13). The zero-order chi connectivity index (χ0) is 10.6. The molecule has 0 saturated carbocycles. The Kier molecular flexibility index (Phi) is 3.24. The molecule has 14 heavy (non-hydrogen) atoms. The Morgan fingerprint density at radius 1 is 1.50 bits per heavy atom. The molecule has 0 aliphatic heterocycles. The van der Waals surface area contributed by atoms with E-state index in [0.717, 1.165) is 0 Å². The third-order valence-electron chi connectivity index (χ3n) is 1.62. The van der Waals surface area contributed by atoms with Gasteiger partial charge >= 0.3 is 0 Å². The molecule has 0 aliphatic carbocycles. The second-order valence-corrected chi connectivity index (χ2v) is 3.77. The molecule has 1 rings (SSSR count). The van der Waals surface area contributed by atoms with Crippen molar-refractivity contribution in [3.05, 3.63) is 12.4 Å². The van der Waals surface area contributed by atoms with Crippen molar-refractivity contribution < 1.29 is 4.74 Å². The SMILES string of the molecule is COCC(C)(C)Nc1cncc(N)n1. The van der Waals surface area contributed by atoms with Gasteiger partial charge in [0, 0.05) is 7.11 Å². The maximum Gasteiger partial charge on any atom is 0.147 e.